The van der Waals surface area contributed by atoms with Crippen LogP contribution in [-0.2, 0) is 0 Å². The second-order valence-corrected chi connectivity index (χ2v) is 4.24. The first-order valence-corrected chi connectivity index (χ1v) is 4.67. The van der Waals surface area contributed by atoms with Crippen molar-refractivity contribution < 1.29 is 10.2 Å². The Hall–Kier alpha value is -0.160. The molecule has 0 fully saturated rings. The maximum atomic E-state index is 9.69. The van der Waals surface area contributed by atoms with E-state index in [1.165, 1.54) is 0 Å². The highest BCUT2D eigenvalue weighted by Gasteiger charge is 2.33. The van der Waals surface area contributed by atoms with E-state index in [0.717, 1.165) is 0 Å². The van der Waals surface area contributed by atoms with Crippen LogP contribution < -0.4 is 11.5 Å². The molecule has 0 saturated heterocycles. The molecule has 3 unspecified atom stereocenters. The minimum absolute atomic E-state index is 0.0539. The second kappa shape index (κ2) is 4.91. The standard InChI is InChI=1S/C9H22N2O2/c1-4-6(10)7(13)8(11)9(2,3)5-12/h6-8,12-13H,4-5,10-11H2,1-3H3. The van der Waals surface area contributed by atoms with Crippen molar-refractivity contribution in [3.8, 4) is 0 Å². The zero-order valence-corrected chi connectivity index (χ0v) is 8.70. The Morgan fingerprint density at radius 2 is 1.77 bits per heavy atom. The maximum Gasteiger partial charge on any atom is 0.0847 e. The lowest BCUT2D eigenvalue weighted by molar-refractivity contribution is 0.0326. The van der Waals surface area contributed by atoms with Crippen LogP contribution in [0, 0.1) is 5.41 Å². The summed E-state index contributed by atoms with van der Waals surface area (Å²) in [5.41, 5.74) is 11.0. The molecule has 6 N–H and O–H groups in total. The van der Waals surface area contributed by atoms with Crippen LogP contribution in [0.1, 0.15) is 27.2 Å². The van der Waals surface area contributed by atoms with Gasteiger partial charge < -0.3 is 21.7 Å². The number of aliphatic hydroxyl groups excluding tert-OH is 2. The molecule has 0 aliphatic heterocycles. The Labute approximate surface area is 79.9 Å². The summed E-state index contributed by atoms with van der Waals surface area (Å²) in [7, 11) is 0. The van der Waals surface area contributed by atoms with Crippen LogP contribution in [0.15, 0.2) is 0 Å². The van der Waals surface area contributed by atoms with E-state index in [0.29, 0.717) is 6.42 Å². The topological polar surface area (TPSA) is 92.5 Å². The first-order chi connectivity index (χ1) is 5.86. The lowest BCUT2D eigenvalue weighted by Crippen LogP contribution is -2.55. The van der Waals surface area contributed by atoms with Gasteiger partial charge in [-0.25, -0.2) is 0 Å². The maximum absolute atomic E-state index is 9.69. The highest BCUT2D eigenvalue weighted by molar-refractivity contribution is 4.90. The minimum atomic E-state index is -0.757. The van der Waals surface area contributed by atoms with Crippen molar-refractivity contribution >= 4 is 0 Å². The summed E-state index contributed by atoms with van der Waals surface area (Å²) in [4.78, 5) is 0. The first-order valence-electron chi connectivity index (χ1n) is 4.67. The largest absolute Gasteiger partial charge is 0.396 e. The molecule has 0 amide bonds. The smallest absolute Gasteiger partial charge is 0.0847 e. The Bertz CT molecular complexity index is 151. The fraction of sp³-hybridized carbons (Fsp3) is 1.00. The Kier molecular flexibility index (Phi) is 4.85. The van der Waals surface area contributed by atoms with Gasteiger partial charge in [0.2, 0.25) is 0 Å². The molecule has 0 radical (unpaired) electrons. The highest BCUT2D eigenvalue weighted by Crippen LogP contribution is 2.21. The Morgan fingerprint density at radius 3 is 2.08 bits per heavy atom. The molecule has 0 rings (SSSR count). The van der Waals surface area contributed by atoms with Crippen molar-refractivity contribution in [1.29, 1.82) is 0 Å². The molecule has 4 heteroatoms. The lowest BCUT2D eigenvalue weighted by Gasteiger charge is -2.35. The van der Waals surface area contributed by atoms with Crippen LogP contribution in [0.25, 0.3) is 0 Å². The van der Waals surface area contributed by atoms with Gasteiger partial charge in [-0.1, -0.05) is 20.8 Å². The zero-order chi connectivity index (χ0) is 10.6. The van der Waals surface area contributed by atoms with Gasteiger partial charge in [0.25, 0.3) is 0 Å². The molecule has 4 nitrogen and oxygen atoms in total. The van der Waals surface area contributed by atoms with Gasteiger partial charge in [-0.3, -0.25) is 0 Å². The summed E-state index contributed by atoms with van der Waals surface area (Å²) in [6.45, 7) is 5.46. The van der Waals surface area contributed by atoms with Crippen LogP contribution in [-0.4, -0.2) is 35.0 Å². The molecule has 3 atom stereocenters. The van der Waals surface area contributed by atoms with Gasteiger partial charge in [-0.05, 0) is 6.42 Å². The quantitative estimate of drug-likeness (QED) is 0.467. The monoisotopic (exact) mass is 190 g/mol. The molecule has 0 heterocycles. The number of rotatable bonds is 5. The number of aliphatic hydroxyl groups is 2. The van der Waals surface area contributed by atoms with Crippen LogP contribution in [0.3, 0.4) is 0 Å². The number of nitrogens with two attached hydrogens (primary N) is 2. The van der Waals surface area contributed by atoms with Crippen molar-refractivity contribution in [2.24, 2.45) is 16.9 Å². The van der Waals surface area contributed by atoms with E-state index in [9.17, 15) is 5.11 Å². The third kappa shape index (κ3) is 3.23. The van der Waals surface area contributed by atoms with E-state index < -0.39 is 17.6 Å². The van der Waals surface area contributed by atoms with E-state index in [1.807, 2.05) is 20.8 Å². The average molecular weight is 190 g/mol. The molecule has 80 valence electrons. The predicted molar refractivity (Wildman–Crippen MR) is 53.1 cm³/mol. The van der Waals surface area contributed by atoms with Crippen LogP contribution >= 0.6 is 0 Å². The molecule has 0 spiro atoms. The first kappa shape index (κ1) is 12.8. The average Bonchev–Trinajstić information content (AvgIpc) is 2.14. The second-order valence-electron chi connectivity index (χ2n) is 4.24. The summed E-state index contributed by atoms with van der Waals surface area (Å²) >= 11 is 0. The van der Waals surface area contributed by atoms with Crippen molar-refractivity contribution in [2.45, 2.75) is 45.4 Å². The van der Waals surface area contributed by atoms with Crippen molar-refractivity contribution in [3.05, 3.63) is 0 Å². The predicted octanol–water partition coefficient (Wildman–Crippen LogP) is -0.570. The highest BCUT2D eigenvalue weighted by atomic mass is 16.3. The third-order valence-electron chi connectivity index (χ3n) is 2.59. The molecular formula is C9H22N2O2. The molecule has 0 bridgehead atoms. The summed E-state index contributed by atoms with van der Waals surface area (Å²) < 4.78 is 0. The van der Waals surface area contributed by atoms with E-state index in [1.54, 1.807) is 0 Å². The summed E-state index contributed by atoms with van der Waals surface area (Å²) in [5, 5.41) is 18.7. The van der Waals surface area contributed by atoms with E-state index >= 15 is 0 Å². The Balaban J connectivity index is 4.32. The summed E-state index contributed by atoms with van der Waals surface area (Å²) in [6.07, 6.45) is -0.0803. The van der Waals surface area contributed by atoms with Crippen molar-refractivity contribution in [2.75, 3.05) is 6.61 Å². The van der Waals surface area contributed by atoms with E-state index in [-0.39, 0.29) is 12.6 Å². The lowest BCUT2D eigenvalue weighted by atomic mass is 9.80. The fourth-order valence-electron chi connectivity index (χ4n) is 1.08. The Morgan fingerprint density at radius 1 is 1.31 bits per heavy atom. The van der Waals surface area contributed by atoms with Gasteiger partial charge in [-0.15, -0.1) is 0 Å². The fourth-order valence-corrected chi connectivity index (χ4v) is 1.08. The van der Waals surface area contributed by atoms with Crippen LogP contribution in [0.5, 0.6) is 0 Å². The molecular weight excluding hydrogens is 168 g/mol. The van der Waals surface area contributed by atoms with Gasteiger partial charge in [0.1, 0.15) is 0 Å². The van der Waals surface area contributed by atoms with Gasteiger partial charge in [-0.2, -0.15) is 0 Å². The molecule has 13 heavy (non-hydrogen) atoms. The van der Waals surface area contributed by atoms with Gasteiger partial charge in [0.15, 0.2) is 0 Å². The van der Waals surface area contributed by atoms with E-state index in [2.05, 4.69) is 0 Å². The van der Waals surface area contributed by atoms with Crippen LogP contribution in [0.2, 0.25) is 0 Å². The molecule has 0 aliphatic rings. The minimum Gasteiger partial charge on any atom is -0.396 e. The summed E-state index contributed by atoms with van der Waals surface area (Å²) in [5.74, 6) is 0. The molecule has 0 aromatic rings. The zero-order valence-electron chi connectivity index (χ0n) is 8.70. The van der Waals surface area contributed by atoms with Crippen LogP contribution in [0.4, 0.5) is 0 Å². The van der Waals surface area contributed by atoms with Gasteiger partial charge in [0.05, 0.1) is 6.10 Å². The molecule has 0 aromatic carbocycles. The van der Waals surface area contributed by atoms with Crippen molar-refractivity contribution in [3.63, 3.8) is 0 Å². The van der Waals surface area contributed by atoms with Gasteiger partial charge in [0, 0.05) is 24.1 Å². The number of hydrogen-bond acceptors (Lipinski definition) is 4. The normalized spacial score (nSPS) is 19.6. The van der Waals surface area contributed by atoms with Gasteiger partial charge >= 0.3 is 0 Å². The SMILES string of the molecule is CCC(N)C(O)C(N)C(C)(C)CO. The number of hydrogen-bond donors (Lipinski definition) is 4. The molecule has 0 aromatic heterocycles. The van der Waals surface area contributed by atoms with E-state index in [4.69, 9.17) is 16.6 Å². The molecule has 0 aliphatic carbocycles. The molecule has 0 saturated carbocycles. The third-order valence-corrected chi connectivity index (χ3v) is 2.59. The summed E-state index contributed by atoms with van der Waals surface area (Å²) in [6, 6.07) is -0.812. The van der Waals surface area contributed by atoms with Crippen molar-refractivity contribution in [1.82, 2.24) is 0 Å².